The molecular weight excluding hydrogens is 362 g/mol. The summed E-state index contributed by atoms with van der Waals surface area (Å²) in [6.07, 6.45) is 5.76. The lowest BCUT2D eigenvalue weighted by molar-refractivity contribution is -0.384. The second-order valence-electron chi connectivity index (χ2n) is 7.30. The number of non-ortho nitro benzene ring substituents is 1. The number of carbonyl (C=O) groups excluding carboxylic acids is 2. The van der Waals surface area contributed by atoms with Crippen molar-refractivity contribution in [3.8, 4) is 0 Å². The van der Waals surface area contributed by atoms with Gasteiger partial charge in [-0.05, 0) is 30.5 Å². The highest BCUT2D eigenvalue weighted by Crippen LogP contribution is 2.35. The van der Waals surface area contributed by atoms with Crippen molar-refractivity contribution in [3.05, 3.63) is 45.6 Å². The van der Waals surface area contributed by atoms with Crippen molar-refractivity contribution in [1.29, 1.82) is 0 Å². The molecule has 1 saturated carbocycles. The molecule has 0 aromatic heterocycles. The van der Waals surface area contributed by atoms with E-state index in [1.807, 2.05) is 0 Å². The van der Waals surface area contributed by atoms with Crippen LogP contribution in [0.3, 0.4) is 0 Å². The molecule has 8 heteroatoms. The lowest BCUT2D eigenvalue weighted by atomic mass is 10.0. The lowest BCUT2D eigenvalue weighted by Gasteiger charge is -2.26. The van der Waals surface area contributed by atoms with E-state index in [0.29, 0.717) is 5.56 Å². The van der Waals surface area contributed by atoms with Gasteiger partial charge in [-0.1, -0.05) is 25.7 Å². The van der Waals surface area contributed by atoms with Gasteiger partial charge in [0, 0.05) is 31.8 Å². The topological polar surface area (TPSA) is 104 Å². The van der Waals surface area contributed by atoms with Crippen molar-refractivity contribution in [2.45, 2.75) is 44.6 Å². The Balaban J connectivity index is 2.01. The first-order valence-corrected chi connectivity index (χ1v) is 9.64. The number of nitro benzene ring substituents is 1. The summed E-state index contributed by atoms with van der Waals surface area (Å²) < 4.78 is 0. The summed E-state index contributed by atoms with van der Waals surface area (Å²) in [4.78, 5) is 39.9. The predicted octanol–water partition coefficient (Wildman–Crippen LogP) is 2.32. The van der Waals surface area contributed by atoms with Crippen LogP contribution in [0.15, 0.2) is 30.0 Å². The van der Waals surface area contributed by atoms with E-state index in [2.05, 4.69) is 0 Å². The second-order valence-corrected chi connectivity index (χ2v) is 7.30. The molecule has 2 aliphatic rings. The number of imide groups is 1. The molecule has 1 aromatic carbocycles. The molecule has 28 heavy (non-hydrogen) atoms. The number of rotatable bonds is 6. The molecule has 0 radical (unpaired) electrons. The summed E-state index contributed by atoms with van der Waals surface area (Å²) in [6, 6.07) is 5.54. The fraction of sp³-hybridized carbons (Fsp3) is 0.500. The fourth-order valence-corrected chi connectivity index (χ4v) is 4.01. The van der Waals surface area contributed by atoms with Crippen LogP contribution in [0.2, 0.25) is 0 Å². The normalized spacial score (nSPS) is 18.6. The molecule has 1 aliphatic heterocycles. The zero-order valence-corrected chi connectivity index (χ0v) is 16.0. The molecule has 3 rings (SSSR count). The number of hydrogen-bond acceptors (Lipinski definition) is 6. The summed E-state index contributed by atoms with van der Waals surface area (Å²) in [5.74, 6) is -0.702. The Labute approximate surface area is 163 Å². The van der Waals surface area contributed by atoms with Gasteiger partial charge in [0.25, 0.3) is 17.5 Å². The van der Waals surface area contributed by atoms with Crippen molar-refractivity contribution in [2.75, 3.05) is 20.2 Å². The number of benzene rings is 1. The Morgan fingerprint density at radius 1 is 1.11 bits per heavy atom. The highest BCUT2D eigenvalue weighted by atomic mass is 16.6. The molecule has 0 atom stereocenters. The van der Waals surface area contributed by atoms with Gasteiger partial charge in [0.1, 0.15) is 5.70 Å². The first-order chi connectivity index (χ1) is 13.5. The third-order valence-corrected chi connectivity index (χ3v) is 5.46. The molecule has 0 bridgehead atoms. The summed E-state index contributed by atoms with van der Waals surface area (Å²) >= 11 is 0. The quantitative estimate of drug-likeness (QED) is 0.348. The van der Waals surface area contributed by atoms with Crippen LogP contribution >= 0.6 is 0 Å². The number of aliphatic hydroxyl groups excluding tert-OH is 1. The smallest absolute Gasteiger partial charge is 0.278 e. The van der Waals surface area contributed by atoms with Crippen molar-refractivity contribution in [2.24, 2.45) is 0 Å². The van der Waals surface area contributed by atoms with Crippen LogP contribution in [0, 0.1) is 10.1 Å². The molecule has 8 nitrogen and oxygen atoms in total. The Morgan fingerprint density at radius 3 is 2.25 bits per heavy atom. The zero-order valence-electron chi connectivity index (χ0n) is 16.0. The van der Waals surface area contributed by atoms with E-state index in [-0.39, 0.29) is 48.0 Å². The van der Waals surface area contributed by atoms with E-state index >= 15 is 0 Å². The molecule has 1 fully saturated rings. The van der Waals surface area contributed by atoms with E-state index in [1.165, 1.54) is 29.2 Å². The Bertz CT molecular complexity index is 795. The number of likely N-dealkylation sites (N-methyl/N-ethyl adjacent to an activating group) is 1. The number of hydrogen-bond donors (Lipinski definition) is 1. The predicted molar refractivity (Wildman–Crippen MR) is 103 cm³/mol. The van der Waals surface area contributed by atoms with Crippen LogP contribution in [0.5, 0.6) is 0 Å². The standard InChI is InChI=1S/C20H25N3O5/c1-21(12-13-24)18-17(14-8-10-16(11-9-14)23(27)28)19(25)22(20(18)26)15-6-4-2-3-5-7-15/h8-11,15,24H,2-7,12-13H2,1H3. The Hall–Kier alpha value is -2.74. The van der Waals surface area contributed by atoms with Crippen molar-refractivity contribution < 1.29 is 19.6 Å². The molecule has 1 N–H and O–H groups in total. The van der Waals surface area contributed by atoms with Gasteiger partial charge < -0.3 is 10.0 Å². The minimum atomic E-state index is -0.504. The van der Waals surface area contributed by atoms with Crippen LogP contribution in [0.4, 0.5) is 5.69 Å². The van der Waals surface area contributed by atoms with E-state index in [9.17, 15) is 24.8 Å². The third-order valence-electron chi connectivity index (χ3n) is 5.46. The monoisotopic (exact) mass is 387 g/mol. The highest BCUT2D eigenvalue weighted by molar-refractivity contribution is 6.35. The van der Waals surface area contributed by atoms with Crippen molar-refractivity contribution >= 4 is 23.1 Å². The summed E-state index contributed by atoms with van der Waals surface area (Å²) in [5, 5.41) is 20.2. The maximum Gasteiger partial charge on any atom is 0.278 e. The van der Waals surface area contributed by atoms with Gasteiger partial charge in [0.2, 0.25) is 0 Å². The molecule has 0 unspecified atom stereocenters. The van der Waals surface area contributed by atoms with E-state index in [0.717, 1.165) is 38.5 Å². The molecule has 0 saturated heterocycles. The van der Waals surface area contributed by atoms with Crippen LogP contribution in [0.1, 0.15) is 44.1 Å². The first-order valence-electron chi connectivity index (χ1n) is 9.64. The van der Waals surface area contributed by atoms with Gasteiger partial charge in [-0.15, -0.1) is 0 Å². The highest BCUT2D eigenvalue weighted by Gasteiger charge is 2.44. The van der Waals surface area contributed by atoms with Crippen molar-refractivity contribution in [3.63, 3.8) is 0 Å². The number of aliphatic hydroxyl groups is 1. The van der Waals surface area contributed by atoms with Crippen molar-refractivity contribution in [1.82, 2.24) is 9.80 Å². The minimum absolute atomic E-state index is 0.0768. The zero-order chi connectivity index (χ0) is 20.3. The van der Waals surface area contributed by atoms with Gasteiger partial charge in [0.05, 0.1) is 17.1 Å². The number of nitrogens with zero attached hydrogens (tertiary/aromatic N) is 3. The Morgan fingerprint density at radius 2 is 1.71 bits per heavy atom. The van der Waals surface area contributed by atoms with Gasteiger partial charge in [-0.2, -0.15) is 0 Å². The maximum atomic E-state index is 13.3. The lowest BCUT2D eigenvalue weighted by Crippen LogP contribution is -2.42. The van der Waals surface area contributed by atoms with Gasteiger partial charge in [0.15, 0.2) is 0 Å². The van der Waals surface area contributed by atoms with Crippen LogP contribution < -0.4 is 0 Å². The number of amides is 2. The molecule has 1 aromatic rings. The third kappa shape index (κ3) is 3.77. The second kappa shape index (κ2) is 8.52. The number of nitro groups is 1. The van der Waals surface area contributed by atoms with E-state index in [1.54, 1.807) is 11.9 Å². The molecule has 1 heterocycles. The van der Waals surface area contributed by atoms with E-state index < -0.39 is 4.92 Å². The maximum absolute atomic E-state index is 13.3. The average Bonchev–Trinajstić information content (AvgIpc) is 2.84. The Kier molecular flexibility index (Phi) is 6.08. The molecule has 2 amide bonds. The van der Waals surface area contributed by atoms with Gasteiger partial charge in [-0.3, -0.25) is 24.6 Å². The first kappa shape index (κ1) is 20.0. The summed E-state index contributed by atoms with van der Waals surface area (Å²) in [6.45, 7) is 0.0573. The average molecular weight is 387 g/mol. The minimum Gasteiger partial charge on any atom is -0.395 e. The van der Waals surface area contributed by atoms with Crippen LogP contribution in [0.25, 0.3) is 5.57 Å². The molecule has 1 aliphatic carbocycles. The summed E-state index contributed by atoms with van der Waals surface area (Å²) in [7, 11) is 1.67. The van der Waals surface area contributed by atoms with E-state index in [4.69, 9.17) is 0 Å². The number of carbonyl (C=O) groups is 2. The molecule has 0 spiro atoms. The molecular formula is C20H25N3O5. The largest absolute Gasteiger partial charge is 0.395 e. The summed E-state index contributed by atoms with van der Waals surface area (Å²) in [5.41, 5.74) is 0.893. The van der Waals surface area contributed by atoms with Crippen LogP contribution in [-0.4, -0.2) is 57.9 Å². The van der Waals surface area contributed by atoms with Gasteiger partial charge >= 0.3 is 0 Å². The van der Waals surface area contributed by atoms with Gasteiger partial charge in [-0.25, -0.2) is 0 Å². The molecule has 150 valence electrons. The SMILES string of the molecule is CN(CCO)C1=C(c2ccc([N+](=O)[O-])cc2)C(=O)N(C2CCCCCC2)C1=O. The fourth-order valence-electron chi connectivity index (χ4n) is 4.01. The van der Waals surface area contributed by atoms with Crippen LogP contribution in [-0.2, 0) is 9.59 Å².